The minimum atomic E-state index is 0. The van der Waals surface area contributed by atoms with E-state index in [0.717, 1.165) is 24.3 Å². The highest BCUT2D eigenvalue weighted by Crippen LogP contribution is 2.18. The number of hydrogen-bond donors (Lipinski definition) is 1. The van der Waals surface area contributed by atoms with Gasteiger partial charge >= 0.3 is 0 Å². The molecule has 2 aromatic rings. The third-order valence-corrected chi connectivity index (χ3v) is 3.91. The number of aromatic nitrogens is 1. The zero-order valence-corrected chi connectivity index (χ0v) is 15.5. The van der Waals surface area contributed by atoms with Gasteiger partial charge in [-0.05, 0) is 25.0 Å². The van der Waals surface area contributed by atoms with Gasteiger partial charge in [0.2, 0.25) is 5.89 Å². The molecule has 1 aliphatic heterocycles. The first-order valence-corrected chi connectivity index (χ1v) is 7.87. The van der Waals surface area contributed by atoms with E-state index in [2.05, 4.69) is 14.9 Å². The van der Waals surface area contributed by atoms with Crippen LogP contribution in [-0.4, -0.2) is 28.9 Å². The second-order valence-corrected chi connectivity index (χ2v) is 5.59. The molecule has 0 unspecified atom stereocenters. The van der Waals surface area contributed by atoms with Crippen LogP contribution in [0.25, 0.3) is 11.5 Å². The molecule has 23 heavy (non-hydrogen) atoms. The molecule has 1 fully saturated rings. The summed E-state index contributed by atoms with van der Waals surface area (Å²) in [5, 5.41) is 0. The summed E-state index contributed by atoms with van der Waals surface area (Å²) in [6, 6.07) is 9.86. The van der Waals surface area contributed by atoms with Gasteiger partial charge in [0, 0.05) is 18.7 Å². The second kappa shape index (κ2) is 8.90. The van der Waals surface area contributed by atoms with Crippen LogP contribution in [0.15, 0.2) is 46.0 Å². The van der Waals surface area contributed by atoms with Gasteiger partial charge in [-0.1, -0.05) is 31.0 Å². The van der Waals surface area contributed by atoms with Crippen molar-refractivity contribution in [1.29, 1.82) is 0 Å². The highest BCUT2D eigenvalue weighted by molar-refractivity contribution is 14.0. The van der Waals surface area contributed by atoms with Gasteiger partial charge in [0.1, 0.15) is 12.0 Å². The number of likely N-dealkylation sites (tertiary alicyclic amines) is 1. The monoisotopic (exact) mass is 426 g/mol. The zero-order chi connectivity index (χ0) is 15.2. The summed E-state index contributed by atoms with van der Waals surface area (Å²) in [6.45, 7) is 2.46. The van der Waals surface area contributed by atoms with Crippen molar-refractivity contribution in [2.45, 2.75) is 32.2 Å². The molecule has 0 aliphatic carbocycles. The summed E-state index contributed by atoms with van der Waals surface area (Å²) in [7, 11) is 0. The molecule has 0 amide bonds. The number of aliphatic imine (C=N–C) groups is 1. The highest BCUT2D eigenvalue weighted by Gasteiger charge is 2.11. The summed E-state index contributed by atoms with van der Waals surface area (Å²) in [5.41, 5.74) is 7.87. The molecule has 1 aliphatic rings. The van der Waals surface area contributed by atoms with Crippen molar-refractivity contribution >= 4 is 29.9 Å². The molecule has 0 saturated carbocycles. The van der Waals surface area contributed by atoms with Gasteiger partial charge in [-0.25, -0.2) is 9.98 Å². The maximum atomic E-state index is 6.10. The number of nitrogens with zero attached hydrogens (tertiary/aromatic N) is 3. The summed E-state index contributed by atoms with van der Waals surface area (Å²) in [6.07, 6.45) is 6.61. The van der Waals surface area contributed by atoms with Crippen molar-refractivity contribution in [1.82, 2.24) is 9.88 Å². The van der Waals surface area contributed by atoms with E-state index >= 15 is 0 Å². The molecule has 6 heteroatoms. The van der Waals surface area contributed by atoms with Crippen molar-refractivity contribution < 1.29 is 4.42 Å². The predicted octanol–water partition coefficient (Wildman–Crippen LogP) is 3.65. The first kappa shape index (κ1) is 17.8. The Hall–Kier alpha value is -1.57. The number of benzene rings is 1. The van der Waals surface area contributed by atoms with Crippen LogP contribution in [0.5, 0.6) is 0 Å². The van der Waals surface area contributed by atoms with E-state index in [1.807, 2.05) is 30.3 Å². The van der Waals surface area contributed by atoms with Gasteiger partial charge in [0.05, 0.1) is 6.54 Å². The fourth-order valence-corrected chi connectivity index (χ4v) is 2.65. The fourth-order valence-electron chi connectivity index (χ4n) is 2.65. The maximum absolute atomic E-state index is 6.10. The van der Waals surface area contributed by atoms with Crippen LogP contribution >= 0.6 is 24.0 Å². The molecular weight excluding hydrogens is 403 g/mol. The minimum Gasteiger partial charge on any atom is -0.444 e. The first-order valence-electron chi connectivity index (χ1n) is 7.87. The Bertz CT molecular complexity index is 619. The largest absolute Gasteiger partial charge is 0.444 e. The quantitative estimate of drug-likeness (QED) is 0.462. The molecule has 0 bridgehead atoms. The third kappa shape index (κ3) is 4.95. The van der Waals surface area contributed by atoms with E-state index in [1.54, 1.807) is 6.26 Å². The van der Waals surface area contributed by atoms with Crippen molar-refractivity contribution in [3.8, 4) is 11.5 Å². The molecule has 0 atom stereocenters. The molecule has 1 saturated heterocycles. The number of rotatable bonds is 3. The first-order chi connectivity index (χ1) is 10.8. The van der Waals surface area contributed by atoms with Crippen LogP contribution in [0.3, 0.4) is 0 Å². The lowest BCUT2D eigenvalue weighted by atomic mass is 10.2. The summed E-state index contributed by atoms with van der Waals surface area (Å²) < 4.78 is 5.51. The Morgan fingerprint density at radius 3 is 2.52 bits per heavy atom. The summed E-state index contributed by atoms with van der Waals surface area (Å²) >= 11 is 0. The molecule has 5 nitrogen and oxygen atoms in total. The molecule has 2 N–H and O–H groups in total. The van der Waals surface area contributed by atoms with Gasteiger partial charge in [-0.3, -0.25) is 0 Å². The number of halogens is 1. The minimum absolute atomic E-state index is 0. The third-order valence-electron chi connectivity index (χ3n) is 3.91. The van der Waals surface area contributed by atoms with Crippen molar-refractivity contribution in [2.24, 2.45) is 10.7 Å². The Morgan fingerprint density at radius 2 is 1.83 bits per heavy atom. The van der Waals surface area contributed by atoms with Crippen LogP contribution in [0.1, 0.15) is 31.4 Å². The van der Waals surface area contributed by atoms with Crippen LogP contribution in [0.4, 0.5) is 0 Å². The van der Waals surface area contributed by atoms with Crippen molar-refractivity contribution in [3.05, 3.63) is 42.3 Å². The summed E-state index contributed by atoms with van der Waals surface area (Å²) in [5.74, 6) is 1.24. The Balaban J connectivity index is 0.00000192. The Labute approximate surface area is 154 Å². The second-order valence-electron chi connectivity index (χ2n) is 5.59. The number of nitrogens with two attached hydrogens (primary N) is 1. The highest BCUT2D eigenvalue weighted by atomic mass is 127. The van der Waals surface area contributed by atoms with E-state index in [4.69, 9.17) is 10.2 Å². The van der Waals surface area contributed by atoms with Crippen LogP contribution in [0, 0.1) is 0 Å². The molecule has 0 spiro atoms. The van der Waals surface area contributed by atoms with Crippen LogP contribution in [-0.2, 0) is 6.54 Å². The van der Waals surface area contributed by atoms with Gasteiger partial charge in [0.15, 0.2) is 5.96 Å². The van der Waals surface area contributed by atoms with Gasteiger partial charge < -0.3 is 15.1 Å². The fraction of sp³-hybridized carbons (Fsp3) is 0.412. The zero-order valence-electron chi connectivity index (χ0n) is 13.1. The predicted molar refractivity (Wildman–Crippen MR) is 103 cm³/mol. The molecule has 0 radical (unpaired) electrons. The molecule has 1 aromatic heterocycles. The van der Waals surface area contributed by atoms with Crippen LogP contribution < -0.4 is 5.73 Å². The molecule has 2 heterocycles. The van der Waals surface area contributed by atoms with Crippen molar-refractivity contribution in [3.63, 3.8) is 0 Å². The molecule has 1 aromatic carbocycles. The van der Waals surface area contributed by atoms with E-state index in [0.29, 0.717) is 18.4 Å². The number of guanidine groups is 1. The normalized spacial score (nSPS) is 15.8. The van der Waals surface area contributed by atoms with Crippen molar-refractivity contribution in [2.75, 3.05) is 13.1 Å². The molecule has 124 valence electrons. The summed E-state index contributed by atoms with van der Waals surface area (Å²) in [4.78, 5) is 11.1. The lowest BCUT2D eigenvalue weighted by Gasteiger charge is -2.20. The van der Waals surface area contributed by atoms with E-state index in [9.17, 15) is 0 Å². The molecular formula is C17H23IN4O. The van der Waals surface area contributed by atoms with Gasteiger partial charge in [-0.15, -0.1) is 24.0 Å². The van der Waals surface area contributed by atoms with E-state index < -0.39 is 0 Å². The lowest BCUT2D eigenvalue weighted by molar-refractivity contribution is 0.428. The SMILES string of the molecule is I.NC(=NCc1coc(-c2ccccc2)n1)N1CCCCCC1. The molecule has 3 rings (SSSR count). The topological polar surface area (TPSA) is 67.6 Å². The van der Waals surface area contributed by atoms with Gasteiger partial charge in [-0.2, -0.15) is 0 Å². The smallest absolute Gasteiger partial charge is 0.226 e. The standard InChI is InChI=1S/C17H22N4O.HI/c18-17(21-10-6-1-2-7-11-21)19-12-15-13-22-16(20-15)14-8-4-3-5-9-14;/h3-5,8-9,13H,1-2,6-7,10-12H2,(H2,18,19);1H. The number of hydrogen-bond acceptors (Lipinski definition) is 3. The average Bonchev–Trinajstić information content (AvgIpc) is 2.87. The average molecular weight is 426 g/mol. The number of oxazole rings is 1. The van der Waals surface area contributed by atoms with E-state index in [1.165, 1.54) is 25.7 Å². The van der Waals surface area contributed by atoms with Crippen LogP contribution in [0.2, 0.25) is 0 Å². The Kier molecular flexibility index (Phi) is 6.88. The maximum Gasteiger partial charge on any atom is 0.226 e. The van der Waals surface area contributed by atoms with E-state index in [-0.39, 0.29) is 24.0 Å². The lowest BCUT2D eigenvalue weighted by Crippen LogP contribution is -2.38. The Morgan fingerprint density at radius 1 is 1.13 bits per heavy atom. The van der Waals surface area contributed by atoms with Gasteiger partial charge in [0.25, 0.3) is 0 Å².